The van der Waals surface area contributed by atoms with Gasteiger partial charge in [-0.25, -0.2) is 0 Å². The fourth-order valence-corrected chi connectivity index (χ4v) is 3.29. The minimum absolute atomic E-state index is 0.0343. The first kappa shape index (κ1) is 14.7. The van der Waals surface area contributed by atoms with Gasteiger partial charge in [-0.1, -0.05) is 13.8 Å². The molecular formula is C18H16O6. The Morgan fingerprint density at radius 1 is 1.04 bits per heavy atom. The van der Waals surface area contributed by atoms with Crippen LogP contribution in [0.3, 0.4) is 0 Å². The summed E-state index contributed by atoms with van der Waals surface area (Å²) in [5.41, 5.74) is -0.272. The zero-order valence-corrected chi connectivity index (χ0v) is 13.4. The standard InChI is InChI=1S/C18H16O6/c1-7-18(2,3)14-11(23-7)6-10-13(17(14)22)16(21)12-9(24-10)5-4-8(19)15(12)20/h4-7,19-20,22H,1-3H3/t7-/m0/s1. The highest BCUT2D eigenvalue weighted by atomic mass is 16.5. The Hall–Kier alpha value is -2.89. The lowest BCUT2D eigenvalue weighted by Crippen LogP contribution is -2.29. The summed E-state index contributed by atoms with van der Waals surface area (Å²) in [6.07, 6.45) is -0.183. The summed E-state index contributed by atoms with van der Waals surface area (Å²) in [5.74, 6) is -0.725. The highest BCUT2D eigenvalue weighted by Gasteiger charge is 2.42. The molecular weight excluding hydrogens is 312 g/mol. The van der Waals surface area contributed by atoms with Crippen molar-refractivity contribution in [1.82, 2.24) is 0 Å². The molecule has 1 aliphatic heterocycles. The van der Waals surface area contributed by atoms with Crippen LogP contribution in [0.5, 0.6) is 23.0 Å². The highest BCUT2D eigenvalue weighted by Crippen LogP contribution is 2.50. The molecule has 1 atom stereocenters. The first-order valence-corrected chi connectivity index (χ1v) is 7.58. The largest absolute Gasteiger partial charge is 0.507 e. The average Bonchev–Trinajstić information content (AvgIpc) is 2.72. The van der Waals surface area contributed by atoms with Gasteiger partial charge in [-0.05, 0) is 19.1 Å². The van der Waals surface area contributed by atoms with Crippen molar-refractivity contribution >= 4 is 21.9 Å². The van der Waals surface area contributed by atoms with E-state index in [1.54, 1.807) is 6.07 Å². The fraction of sp³-hybridized carbons (Fsp3) is 0.278. The fourth-order valence-electron chi connectivity index (χ4n) is 3.29. The molecule has 24 heavy (non-hydrogen) atoms. The summed E-state index contributed by atoms with van der Waals surface area (Å²) in [7, 11) is 0. The number of hydrogen-bond acceptors (Lipinski definition) is 6. The number of phenols is 3. The normalized spacial score (nSPS) is 18.7. The molecule has 0 saturated heterocycles. The van der Waals surface area contributed by atoms with E-state index in [0.717, 1.165) is 0 Å². The van der Waals surface area contributed by atoms with E-state index in [2.05, 4.69) is 0 Å². The molecule has 0 fully saturated rings. The molecule has 0 saturated carbocycles. The maximum Gasteiger partial charge on any atom is 0.208 e. The summed E-state index contributed by atoms with van der Waals surface area (Å²) >= 11 is 0. The topological polar surface area (TPSA) is 100 Å². The summed E-state index contributed by atoms with van der Waals surface area (Å²) in [6, 6.07) is 4.21. The van der Waals surface area contributed by atoms with Gasteiger partial charge in [0, 0.05) is 17.0 Å². The van der Waals surface area contributed by atoms with Crippen molar-refractivity contribution in [2.24, 2.45) is 0 Å². The summed E-state index contributed by atoms with van der Waals surface area (Å²) < 4.78 is 11.5. The van der Waals surface area contributed by atoms with E-state index in [0.29, 0.717) is 11.3 Å². The van der Waals surface area contributed by atoms with Crippen molar-refractivity contribution in [2.45, 2.75) is 32.3 Å². The van der Waals surface area contributed by atoms with Gasteiger partial charge in [0.15, 0.2) is 11.5 Å². The van der Waals surface area contributed by atoms with Crippen LogP contribution >= 0.6 is 0 Å². The molecule has 3 aromatic rings. The van der Waals surface area contributed by atoms with Gasteiger partial charge in [0.1, 0.15) is 39.5 Å². The Morgan fingerprint density at radius 2 is 1.71 bits per heavy atom. The van der Waals surface area contributed by atoms with E-state index in [4.69, 9.17) is 9.15 Å². The Labute approximate surface area is 136 Å². The third-order valence-electron chi connectivity index (χ3n) is 4.99. The average molecular weight is 328 g/mol. The number of rotatable bonds is 0. The molecule has 1 aliphatic rings. The molecule has 0 unspecified atom stereocenters. The van der Waals surface area contributed by atoms with Gasteiger partial charge >= 0.3 is 0 Å². The summed E-state index contributed by atoms with van der Waals surface area (Å²) in [4.78, 5) is 12.8. The van der Waals surface area contributed by atoms with Gasteiger partial charge in [-0.15, -0.1) is 0 Å². The van der Waals surface area contributed by atoms with Gasteiger partial charge in [0.05, 0.1) is 0 Å². The summed E-state index contributed by atoms with van der Waals surface area (Å²) in [6.45, 7) is 5.72. The third-order valence-corrected chi connectivity index (χ3v) is 4.99. The number of fused-ring (bicyclic) bond motifs is 3. The van der Waals surface area contributed by atoms with E-state index in [9.17, 15) is 20.1 Å². The Balaban J connectivity index is 2.22. The number of aromatic hydroxyl groups is 3. The Kier molecular flexibility index (Phi) is 2.66. The minimum atomic E-state index is -0.602. The molecule has 6 heteroatoms. The van der Waals surface area contributed by atoms with Gasteiger partial charge in [-0.3, -0.25) is 4.79 Å². The molecule has 2 aromatic carbocycles. The van der Waals surface area contributed by atoms with E-state index in [1.807, 2.05) is 20.8 Å². The van der Waals surface area contributed by atoms with Crippen molar-refractivity contribution in [3.63, 3.8) is 0 Å². The maximum absolute atomic E-state index is 12.8. The highest BCUT2D eigenvalue weighted by molar-refractivity contribution is 5.98. The molecule has 0 bridgehead atoms. The van der Waals surface area contributed by atoms with Crippen LogP contribution in [0.1, 0.15) is 26.3 Å². The van der Waals surface area contributed by atoms with Crippen LogP contribution in [-0.4, -0.2) is 21.4 Å². The molecule has 0 spiro atoms. The van der Waals surface area contributed by atoms with Crippen molar-refractivity contribution in [1.29, 1.82) is 0 Å². The third kappa shape index (κ3) is 1.62. The van der Waals surface area contributed by atoms with E-state index in [1.165, 1.54) is 12.1 Å². The zero-order chi connectivity index (χ0) is 17.4. The van der Waals surface area contributed by atoms with Crippen molar-refractivity contribution in [2.75, 3.05) is 0 Å². The maximum atomic E-state index is 12.8. The molecule has 1 aromatic heterocycles. The second-order valence-electron chi connectivity index (χ2n) is 6.69. The number of hydrogen-bond donors (Lipinski definition) is 3. The zero-order valence-electron chi connectivity index (χ0n) is 13.4. The molecule has 0 radical (unpaired) electrons. The van der Waals surface area contributed by atoms with Gasteiger partial charge in [-0.2, -0.15) is 0 Å². The van der Waals surface area contributed by atoms with Crippen LogP contribution < -0.4 is 10.2 Å². The quantitative estimate of drug-likeness (QED) is 0.433. The monoisotopic (exact) mass is 328 g/mol. The van der Waals surface area contributed by atoms with Gasteiger partial charge < -0.3 is 24.5 Å². The van der Waals surface area contributed by atoms with Gasteiger partial charge in [0.25, 0.3) is 0 Å². The van der Waals surface area contributed by atoms with E-state index in [-0.39, 0.29) is 33.8 Å². The predicted octanol–water partition coefficient (Wildman–Crippen LogP) is 3.12. The molecule has 124 valence electrons. The lowest BCUT2D eigenvalue weighted by atomic mass is 9.80. The lowest BCUT2D eigenvalue weighted by molar-refractivity contribution is 0.185. The number of phenolic OH excluding ortho intramolecular Hbond substituents is 3. The van der Waals surface area contributed by atoms with E-state index >= 15 is 0 Å². The first-order chi connectivity index (χ1) is 11.2. The van der Waals surface area contributed by atoms with Crippen molar-refractivity contribution in [3.8, 4) is 23.0 Å². The molecule has 0 aliphatic carbocycles. The van der Waals surface area contributed by atoms with Crippen LogP contribution in [0.15, 0.2) is 27.4 Å². The molecule has 3 N–H and O–H groups in total. The lowest BCUT2D eigenvalue weighted by Gasteiger charge is -2.22. The molecule has 6 nitrogen and oxygen atoms in total. The van der Waals surface area contributed by atoms with E-state index < -0.39 is 22.3 Å². The molecule has 0 amide bonds. The van der Waals surface area contributed by atoms with Crippen LogP contribution in [0, 0.1) is 0 Å². The van der Waals surface area contributed by atoms with Crippen molar-refractivity contribution < 1.29 is 24.5 Å². The van der Waals surface area contributed by atoms with Crippen LogP contribution in [0.25, 0.3) is 21.9 Å². The van der Waals surface area contributed by atoms with Crippen LogP contribution in [0.2, 0.25) is 0 Å². The minimum Gasteiger partial charge on any atom is -0.507 e. The van der Waals surface area contributed by atoms with Gasteiger partial charge in [0.2, 0.25) is 5.43 Å². The summed E-state index contributed by atoms with van der Waals surface area (Å²) in [5, 5.41) is 30.2. The second kappa shape index (κ2) is 4.35. The number of benzene rings is 2. The van der Waals surface area contributed by atoms with Crippen molar-refractivity contribution in [3.05, 3.63) is 34.0 Å². The predicted molar refractivity (Wildman–Crippen MR) is 88.1 cm³/mol. The van der Waals surface area contributed by atoms with Crippen LogP contribution in [0.4, 0.5) is 0 Å². The Bertz CT molecular complexity index is 1080. The van der Waals surface area contributed by atoms with Crippen LogP contribution in [-0.2, 0) is 5.41 Å². The second-order valence-corrected chi connectivity index (χ2v) is 6.69. The smallest absolute Gasteiger partial charge is 0.208 e. The SMILES string of the molecule is C[C@@H]1Oc2cc3oc4ccc(O)c(O)c4c(=O)c3c(O)c2C1(C)C. The molecule has 2 heterocycles. The molecule has 4 rings (SSSR count). The Morgan fingerprint density at radius 3 is 2.42 bits per heavy atom. The first-order valence-electron chi connectivity index (χ1n) is 7.58. The number of ether oxygens (including phenoxy) is 1.